The molecule has 0 saturated carbocycles. The van der Waals surface area contributed by atoms with Crippen LogP contribution in [0.4, 0.5) is 18.9 Å². The fourth-order valence-electron chi connectivity index (χ4n) is 6.44. The molecule has 3 aromatic rings. The molecule has 7 rings (SSSR count). The lowest BCUT2D eigenvalue weighted by Gasteiger charge is -2.37. The molecule has 45 heavy (non-hydrogen) atoms. The van der Waals surface area contributed by atoms with Gasteiger partial charge in [0.25, 0.3) is 5.56 Å². The molecular weight excluding hydrogens is 579 g/mol. The number of nitrogens with zero attached hydrogens (tertiary/aromatic N) is 5. The molecule has 1 fully saturated rings. The van der Waals surface area contributed by atoms with Crippen LogP contribution in [0.3, 0.4) is 0 Å². The Hall–Kier alpha value is -4.99. The van der Waals surface area contributed by atoms with Gasteiger partial charge in [-0.15, -0.1) is 0 Å². The van der Waals surface area contributed by atoms with Crippen molar-refractivity contribution >= 4 is 29.5 Å². The first kappa shape index (κ1) is 28.8. The van der Waals surface area contributed by atoms with Gasteiger partial charge in [0.2, 0.25) is 5.91 Å². The Kier molecular flexibility index (Phi) is 7.14. The molecule has 0 spiro atoms. The topological polar surface area (TPSA) is 70.3 Å². The second-order valence-electron chi connectivity index (χ2n) is 11.6. The molecule has 2 aromatic carbocycles. The zero-order chi connectivity index (χ0) is 31.3. The van der Waals surface area contributed by atoms with Crippen molar-refractivity contribution in [3.05, 3.63) is 127 Å². The first-order chi connectivity index (χ1) is 21.7. The van der Waals surface area contributed by atoms with E-state index in [1.54, 1.807) is 32.7 Å². The van der Waals surface area contributed by atoms with E-state index in [0.29, 0.717) is 44.0 Å². The zero-order valence-corrected chi connectivity index (χ0v) is 24.6. The Labute approximate surface area is 257 Å². The maximum absolute atomic E-state index is 14.4. The molecule has 1 aliphatic carbocycles. The summed E-state index contributed by atoms with van der Waals surface area (Å²) in [6.45, 7) is 3.29. The molecular formula is C35H30F3N5O2. The summed E-state index contributed by atoms with van der Waals surface area (Å²) in [7, 11) is 0. The van der Waals surface area contributed by atoms with Gasteiger partial charge in [-0.1, -0.05) is 36.4 Å². The lowest BCUT2D eigenvalue weighted by atomic mass is 9.88. The fraction of sp³-hybridized carbons (Fsp3) is 0.257. The minimum Gasteiger partial charge on any atom is -0.367 e. The van der Waals surface area contributed by atoms with Crippen molar-refractivity contribution in [3.63, 3.8) is 0 Å². The van der Waals surface area contributed by atoms with E-state index in [1.165, 1.54) is 19.1 Å². The number of carbonyl (C=O) groups excluding carboxylic acids is 1. The highest BCUT2D eigenvalue weighted by Crippen LogP contribution is 2.38. The summed E-state index contributed by atoms with van der Waals surface area (Å²) in [5.41, 5.74) is 3.58. The number of benzene rings is 2. The number of hydrogen-bond acceptors (Lipinski definition) is 5. The van der Waals surface area contributed by atoms with E-state index in [2.05, 4.69) is 11.1 Å². The molecule has 7 nitrogen and oxygen atoms in total. The number of amides is 1. The molecule has 1 atom stereocenters. The van der Waals surface area contributed by atoms with Gasteiger partial charge >= 0.3 is 6.18 Å². The van der Waals surface area contributed by atoms with Crippen LogP contribution in [0, 0.1) is 0 Å². The van der Waals surface area contributed by atoms with E-state index in [0.717, 1.165) is 38.9 Å². The van der Waals surface area contributed by atoms with E-state index in [1.807, 2.05) is 42.5 Å². The van der Waals surface area contributed by atoms with Gasteiger partial charge in [0.15, 0.2) is 0 Å². The lowest BCUT2D eigenvalue weighted by Crippen LogP contribution is -2.48. The van der Waals surface area contributed by atoms with E-state index >= 15 is 0 Å². The molecule has 228 valence electrons. The normalized spacial score (nSPS) is 20.4. The van der Waals surface area contributed by atoms with Gasteiger partial charge in [0, 0.05) is 67.4 Å². The monoisotopic (exact) mass is 609 g/mol. The number of allylic oxidation sites excluding steroid dienone is 3. The van der Waals surface area contributed by atoms with Crippen LogP contribution in [0.1, 0.15) is 29.3 Å². The van der Waals surface area contributed by atoms with E-state index in [9.17, 15) is 22.8 Å². The number of piperazine rings is 1. The van der Waals surface area contributed by atoms with E-state index in [-0.39, 0.29) is 29.7 Å². The summed E-state index contributed by atoms with van der Waals surface area (Å²) in [5, 5.41) is 1.97. The van der Waals surface area contributed by atoms with Gasteiger partial charge in [-0.05, 0) is 53.1 Å². The number of halogens is 3. The van der Waals surface area contributed by atoms with Gasteiger partial charge in [-0.3, -0.25) is 19.6 Å². The second-order valence-corrected chi connectivity index (χ2v) is 11.6. The number of aromatic nitrogens is 1. The number of pyridine rings is 1. The maximum Gasteiger partial charge on any atom is 0.418 e. The van der Waals surface area contributed by atoms with Crippen LogP contribution < -0.4 is 21.0 Å². The minimum absolute atomic E-state index is 0.0359. The Morgan fingerprint density at radius 1 is 1.00 bits per heavy atom. The highest BCUT2D eigenvalue weighted by atomic mass is 19.4. The summed E-state index contributed by atoms with van der Waals surface area (Å²) in [6, 6.07) is 15.0. The molecule has 0 N–H and O–H groups in total. The van der Waals surface area contributed by atoms with Crippen LogP contribution in [0.5, 0.6) is 0 Å². The number of rotatable bonds is 3. The summed E-state index contributed by atoms with van der Waals surface area (Å²) in [4.78, 5) is 37.8. The Balaban J connectivity index is 1.26. The van der Waals surface area contributed by atoms with Crippen LogP contribution in [-0.2, 0) is 17.5 Å². The molecule has 1 saturated heterocycles. The molecule has 4 heterocycles. The Morgan fingerprint density at radius 2 is 1.80 bits per heavy atom. The van der Waals surface area contributed by atoms with Crippen molar-refractivity contribution in [2.45, 2.75) is 25.7 Å². The third-order valence-corrected chi connectivity index (χ3v) is 8.78. The van der Waals surface area contributed by atoms with Crippen molar-refractivity contribution < 1.29 is 18.0 Å². The number of hydrogen-bond donors (Lipinski definition) is 0. The molecule has 3 aliphatic heterocycles. The van der Waals surface area contributed by atoms with Crippen molar-refractivity contribution in [2.75, 3.05) is 37.6 Å². The first-order valence-corrected chi connectivity index (χ1v) is 14.9. The summed E-state index contributed by atoms with van der Waals surface area (Å²) < 4.78 is 44.8. The fourth-order valence-corrected chi connectivity index (χ4v) is 6.44. The number of anilines is 1. The van der Waals surface area contributed by atoms with Gasteiger partial charge in [0.05, 0.1) is 35.7 Å². The highest BCUT2D eigenvalue weighted by molar-refractivity contribution is 5.94. The maximum atomic E-state index is 14.4. The number of carbonyl (C=O) groups is 1. The largest absolute Gasteiger partial charge is 0.418 e. The molecule has 1 amide bonds. The minimum atomic E-state index is -4.60. The highest BCUT2D eigenvalue weighted by Gasteiger charge is 2.36. The van der Waals surface area contributed by atoms with Crippen LogP contribution in [0.2, 0.25) is 0 Å². The average Bonchev–Trinajstić information content (AvgIpc) is 3.05. The van der Waals surface area contributed by atoms with Gasteiger partial charge in [0.1, 0.15) is 0 Å². The summed E-state index contributed by atoms with van der Waals surface area (Å²) in [5.74, 6) is -0.0888. The van der Waals surface area contributed by atoms with Gasteiger partial charge < -0.3 is 14.4 Å². The van der Waals surface area contributed by atoms with Crippen molar-refractivity contribution in [1.82, 2.24) is 9.47 Å². The van der Waals surface area contributed by atoms with Crippen LogP contribution in [-0.4, -0.2) is 60.4 Å². The van der Waals surface area contributed by atoms with Crippen molar-refractivity contribution in [1.29, 1.82) is 0 Å². The lowest BCUT2D eigenvalue weighted by molar-refractivity contribution is -0.137. The quantitative estimate of drug-likeness (QED) is 0.455. The van der Waals surface area contributed by atoms with Crippen LogP contribution >= 0.6 is 0 Å². The molecule has 0 radical (unpaired) electrons. The molecule has 0 bridgehead atoms. The third-order valence-electron chi connectivity index (χ3n) is 8.78. The van der Waals surface area contributed by atoms with Crippen LogP contribution in [0.15, 0.2) is 98.8 Å². The predicted octanol–water partition coefficient (Wildman–Crippen LogP) is 3.75. The van der Waals surface area contributed by atoms with Crippen LogP contribution in [0.25, 0.3) is 11.6 Å². The second kappa shape index (κ2) is 11.2. The van der Waals surface area contributed by atoms with Crippen molar-refractivity contribution in [2.24, 2.45) is 9.98 Å². The number of para-hydroxylation sites is 1. The zero-order valence-electron chi connectivity index (χ0n) is 24.6. The van der Waals surface area contributed by atoms with Gasteiger partial charge in [-0.25, -0.2) is 0 Å². The van der Waals surface area contributed by atoms with Crippen molar-refractivity contribution in [3.8, 4) is 0 Å². The summed E-state index contributed by atoms with van der Waals surface area (Å²) >= 11 is 0. The average molecular weight is 610 g/mol. The molecule has 1 aromatic heterocycles. The summed E-state index contributed by atoms with van der Waals surface area (Å²) in [6.07, 6.45) is 5.26. The Morgan fingerprint density at radius 3 is 2.58 bits per heavy atom. The molecule has 4 aliphatic rings. The standard InChI is InChI=1S/C35H30F3N5O2/c1-22(44)41-12-14-42(15-13-41)32-10-6-23(16-29(32)35(36,37)38)21-43-33(45)11-8-26-19-40-31-9-7-24(18-28(31)34(26)43)27-17-25-4-2-3-5-30(25)39-20-27/h2-11,16-19,31H,12-15,20-21H2,1H3. The molecule has 10 heteroatoms. The Bertz CT molecular complexity index is 2030. The third kappa shape index (κ3) is 5.45. The number of aliphatic imine (C=N–C) groups is 1. The first-order valence-electron chi connectivity index (χ1n) is 14.9. The van der Waals surface area contributed by atoms with E-state index in [4.69, 9.17) is 4.99 Å². The predicted molar refractivity (Wildman–Crippen MR) is 168 cm³/mol. The number of fused-ring (bicyclic) bond motifs is 4. The number of alkyl halides is 3. The smallest absolute Gasteiger partial charge is 0.367 e. The van der Waals surface area contributed by atoms with E-state index < -0.39 is 11.7 Å². The SMILES string of the molecule is CC(=O)N1CCN(c2ccc(Cn3c4c(ccc3=O)C=NC3C=CC(=C5C=c6ccccc6=NC5)C=C43)cc2C(F)(F)F)CC1. The molecule has 1 unspecified atom stereocenters. The van der Waals surface area contributed by atoms with Gasteiger partial charge in [-0.2, -0.15) is 13.2 Å².